The smallest absolute Gasteiger partial charge is 0.217 e. The molecule has 5 heteroatoms. The lowest BCUT2D eigenvalue weighted by Crippen LogP contribution is -2.49. The molecule has 2 aliphatic carbocycles. The van der Waals surface area contributed by atoms with E-state index in [-0.39, 0.29) is 11.3 Å². The van der Waals surface area contributed by atoms with Crippen LogP contribution in [0.1, 0.15) is 57.8 Å². The Morgan fingerprint density at radius 1 is 1.00 bits per heavy atom. The van der Waals surface area contributed by atoms with Gasteiger partial charge in [0.15, 0.2) is 0 Å². The fourth-order valence-electron chi connectivity index (χ4n) is 2.99. The second kappa shape index (κ2) is 6.35. The summed E-state index contributed by atoms with van der Waals surface area (Å²) in [6.45, 7) is 1.20. The van der Waals surface area contributed by atoms with Gasteiger partial charge in [-0.25, -0.2) is 8.42 Å². The largest absolute Gasteiger partial charge is 0.330 e. The minimum Gasteiger partial charge on any atom is -0.330 e. The number of hydrogen-bond acceptors (Lipinski definition) is 3. The van der Waals surface area contributed by atoms with Crippen molar-refractivity contribution in [3.8, 4) is 0 Å². The van der Waals surface area contributed by atoms with Crippen LogP contribution in [0, 0.1) is 0 Å². The molecule has 2 N–H and O–H groups in total. The van der Waals surface area contributed by atoms with Crippen LogP contribution in [0.25, 0.3) is 0 Å². The van der Waals surface area contributed by atoms with Crippen LogP contribution in [0.2, 0.25) is 0 Å². The van der Waals surface area contributed by atoms with Crippen LogP contribution in [-0.4, -0.2) is 37.1 Å². The number of nitrogens with two attached hydrogens (primary N) is 1. The van der Waals surface area contributed by atoms with Crippen molar-refractivity contribution in [2.24, 2.45) is 5.73 Å². The van der Waals surface area contributed by atoms with Crippen LogP contribution in [-0.2, 0) is 10.0 Å². The van der Waals surface area contributed by atoms with E-state index in [2.05, 4.69) is 0 Å². The highest BCUT2D eigenvalue weighted by molar-refractivity contribution is 7.89. The summed E-state index contributed by atoms with van der Waals surface area (Å²) >= 11 is 0. The third kappa shape index (κ3) is 3.06. The quantitative estimate of drug-likeness (QED) is 0.804. The van der Waals surface area contributed by atoms with Crippen molar-refractivity contribution in [3.63, 3.8) is 0 Å². The zero-order valence-electron chi connectivity index (χ0n) is 11.2. The molecule has 2 rings (SSSR count). The fourth-order valence-corrected chi connectivity index (χ4v) is 5.32. The highest BCUT2D eigenvalue weighted by atomic mass is 32.2. The van der Waals surface area contributed by atoms with E-state index in [0.29, 0.717) is 13.1 Å². The Morgan fingerprint density at radius 3 is 2.17 bits per heavy atom. The zero-order chi connectivity index (χ0) is 13.0. The van der Waals surface area contributed by atoms with Crippen LogP contribution >= 0.6 is 0 Å². The Labute approximate surface area is 111 Å². The highest BCUT2D eigenvalue weighted by Gasteiger charge is 2.38. The van der Waals surface area contributed by atoms with E-state index >= 15 is 0 Å². The normalized spacial score (nSPS) is 23.2. The monoisotopic (exact) mass is 274 g/mol. The standard InChI is InChI=1S/C13H26N2O2S/c14-10-5-11-15(12-6-4-7-12)18(16,17)13-8-2-1-3-9-13/h12-13H,1-11,14H2. The maximum Gasteiger partial charge on any atom is 0.217 e. The maximum atomic E-state index is 12.7. The minimum absolute atomic E-state index is 0.121. The SMILES string of the molecule is NCCCN(C1CCC1)S(=O)(=O)C1CCCCC1. The van der Waals surface area contributed by atoms with E-state index < -0.39 is 10.0 Å². The topological polar surface area (TPSA) is 63.4 Å². The van der Waals surface area contributed by atoms with Crippen molar-refractivity contribution in [1.82, 2.24) is 4.31 Å². The molecule has 0 aromatic carbocycles. The zero-order valence-corrected chi connectivity index (χ0v) is 12.0. The molecule has 0 amide bonds. The van der Waals surface area contributed by atoms with Gasteiger partial charge in [0, 0.05) is 12.6 Å². The number of rotatable bonds is 6. The molecule has 0 atom stereocenters. The molecule has 0 aromatic rings. The van der Waals surface area contributed by atoms with Gasteiger partial charge in [0.1, 0.15) is 0 Å². The van der Waals surface area contributed by atoms with Gasteiger partial charge in [-0.05, 0) is 38.6 Å². The molecule has 18 heavy (non-hydrogen) atoms. The van der Waals surface area contributed by atoms with Crippen LogP contribution in [0.15, 0.2) is 0 Å². The molecule has 0 unspecified atom stereocenters. The molecule has 0 saturated heterocycles. The van der Waals surface area contributed by atoms with Crippen molar-refractivity contribution >= 4 is 10.0 Å². The Bertz CT molecular complexity index is 346. The molecule has 0 heterocycles. The predicted molar refractivity (Wildman–Crippen MR) is 73.8 cm³/mol. The first-order chi connectivity index (χ1) is 8.66. The van der Waals surface area contributed by atoms with Gasteiger partial charge in [0.2, 0.25) is 10.0 Å². The van der Waals surface area contributed by atoms with Gasteiger partial charge < -0.3 is 5.73 Å². The lowest BCUT2D eigenvalue weighted by molar-refractivity contribution is 0.214. The fraction of sp³-hybridized carbons (Fsp3) is 1.00. The van der Waals surface area contributed by atoms with E-state index in [1.165, 1.54) is 12.8 Å². The summed E-state index contributed by atoms with van der Waals surface area (Å²) in [7, 11) is -3.08. The molecule has 0 spiro atoms. The van der Waals surface area contributed by atoms with Crippen molar-refractivity contribution in [3.05, 3.63) is 0 Å². The van der Waals surface area contributed by atoms with Gasteiger partial charge in [-0.3, -0.25) is 0 Å². The summed E-state index contributed by atoms with van der Waals surface area (Å²) in [6.07, 6.45) is 9.07. The molecular formula is C13H26N2O2S. The molecule has 106 valence electrons. The molecule has 2 fully saturated rings. The summed E-state index contributed by atoms with van der Waals surface area (Å²) in [6, 6.07) is 0.267. The molecule has 0 aliphatic heterocycles. The maximum absolute atomic E-state index is 12.7. The first kappa shape index (κ1) is 14.3. The van der Waals surface area contributed by atoms with E-state index in [1.807, 2.05) is 0 Å². The van der Waals surface area contributed by atoms with Gasteiger partial charge in [-0.2, -0.15) is 4.31 Å². The van der Waals surface area contributed by atoms with Crippen LogP contribution < -0.4 is 5.73 Å². The van der Waals surface area contributed by atoms with Crippen LogP contribution in [0.4, 0.5) is 0 Å². The Morgan fingerprint density at radius 2 is 1.67 bits per heavy atom. The second-order valence-electron chi connectivity index (χ2n) is 5.64. The van der Waals surface area contributed by atoms with Gasteiger partial charge in [-0.15, -0.1) is 0 Å². The van der Waals surface area contributed by atoms with Gasteiger partial charge in [-0.1, -0.05) is 25.7 Å². The number of hydrogen-bond donors (Lipinski definition) is 1. The van der Waals surface area contributed by atoms with Gasteiger partial charge in [0.25, 0.3) is 0 Å². The predicted octanol–water partition coefficient (Wildman–Crippen LogP) is 1.85. The van der Waals surface area contributed by atoms with E-state index in [9.17, 15) is 8.42 Å². The first-order valence-corrected chi connectivity index (χ1v) is 8.87. The molecule has 2 aliphatic rings. The second-order valence-corrected chi connectivity index (χ2v) is 7.81. The van der Waals surface area contributed by atoms with E-state index in [0.717, 1.165) is 44.9 Å². The van der Waals surface area contributed by atoms with Crippen LogP contribution in [0.3, 0.4) is 0 Å². The lowest BCUT2D eigenvalue weighted by atomic mass is 9.93. The van der Waals surface area contributed by atoms with Crippen molar-refractivity contribution < 1.29 is 8.42 Å². The van der Waals surface area contributed by atoms with E-state index in [4.69, 9.17) is 5.73 Å². The van der Waals surface area contributed by atoms with Crippen LogP contribution in [0.5, 0.6) is 0 Å². The average molecular weight is 274 g/mol. The molecule has 0 aromatic heterocycles. The average Bonchev–Trinajstić information content (AvgIpc) is 2.33. The van der Waals surface area contributed by atoms with E-state index in [1.54, 1.807) is 4.31 Å². The molecule has 0 bridgehead atoms. The lowest BCUT2D eigenvalue weighted by Gasteiger charge is -2.39. The molecular weight excluding hydrogens is 248 g/mol. The third-order valence-electron chi connectivity index (χ3n) is 4.36. The third-order valence-corrected chi connectivity index (χ3v) is 6.81. The Hall–Kier alpha value is -0.130. The molecule has 4 nitrogen and oxygen atoms in total. The van der Waals surface area contributed by atoms with Gasteiger partial charge >= 0.3 is 0 Å². The Kier molecular flexibility index (Phi) is 5.04. The summed E-state index contributed by atoms with van der Waals surface area (Å²) < 4.78 is 27.2. The summed E-state index contributed by atoms with van der Waals surface area (Å²) in [5.41, 5.74) is 5.54. The minimum atomic E-state index is -3.08. The summed E-state index contributed by atoms with van der Waals surface area (Å²) in [5.74, 6) is 0. The van der Waals surface area contributed by atoms with Crippen molar-refractivity contribution in [2.45, 2.75) is 69.1 Å². The first-order valence-electron chi connectivity index (χ1n) is 7.37. The summed E-state index contributed by atoms with van der Waals surface area (Å²) in [5, 5.41) is -0.121. The van der Waals surface area contributed by atoms with Crippen molar-refractivity contribution in [2.75, 3.05) is 13.1 Å². The summed E-state index contributed by atoms with van der Waals surface area (Å²) in [4.78, 5) is 0. The Balaban J connectivity index is 2.06. The number of sulfonamides is 1. The highest BCUT2D eigenvalue weighted by Crippen LogP contribution is 2.32. The van der Waals surface area contributed by atoms with Gasteiger partial charge in [0.05, 0.1) is 5.25 Å². The van der Waals surface area contributed by atoms with Crippen molar-refractivity contribution in [1.29, 1.82) is 0 Å². The number of nitrogens with zero attached hydrogens (tertiary/aromatic N) is 1. The molecule has 2 saturated carbocycles. The molecule has 0 radical (unpaired) electrons.